The molecule has 9 heteroatoms. The van der Waals surface area contributed by atoms with Crippen molar-refractivity contribution in [3.8, 4) is 5.75 Å². The topological polar surface area (TPSA) is 118 Å². The Morgan fingerprint density at radius 2 is 2.03 bits per heavy atom. The van der Waals surface area contributed by atoms with Crippen LogP contribution >= 0.6 is 0 Å². The molecule has 0 aromatic heterocycles. The van der Waals surface area contributed by atoms with Crippen LogP contribution in [0.4, 0.5) is 0 Å². The molecule has 0 saturated carbocycles. The Hall–Kier alpha value is -2.46. The molecule has 0 bridgehead atoms. The average Bonchev–Trinajstić information content (AvgIpc) is 3.22. The van der Waals surface area contributed by atoms with Crippen molar-refractivity contribution < 1.29 is 34.0 Å². The maximum Gasteiger partial charge on any atom is 0.247 e. The minimum Gasteiger partial charge on any atom is -0.486 e. The Morgan fingerprint density at radius 3 is 2.76 bits per heavy atom. The summed E-state index contributed by atoms with van der Waals surface area (Å²) in [5.74, 6) is -0.389. The van der Waals surface area contributed by atoms with E-state index in [1.54, 1.807) is 11.0 Å². The summed E-state index contributed by atoms with van der Waals surface area (Å²) in [7, 11) is 1.53. The zero-order valence-corrected chi connectivity index (χ0v) is 19.2. The first-order valence-corrected chi connectivity index (χ1v) is 11.4. The zero-order chi connectivity index (χ0) is 23.8. The highest BCUT2D eigenvalue weighted by Crippen LogP contribution is 2.47. The van der Waals surface area contributed by atoms with E-state index in [2.05, 4.69) is 5.32 Å². The van der Waals surface area contributed by atoms with Crippen LogP contribution in [-0.2, 0) is 19.1 Å². The minimum absolute atomic E-state index is 0.105. The van der Waals surface area contributed by atoms with Gasteiger partial charge in [-0.15, -0.1) is 0 Å². The molecule has 0 radical (unpaired) electrons. The van der Waals surface area contributed by atoms with Crippen LogP contribution in [-0.4, -0.2) is 91.8 Å². The fourth-order valence-corrected chi connectivity index (χ4v) is 4.45. The van der Waals surface area contributed by atoms with Crippen LogP contribution in [0.1, 0.15) is 31.2 Å². The van der Waals surface area contributed by atoms with Crippen LogP contribution in [0.2, 0.25) is 0 Å². The van der Waals surface area contributed by atoms with Gasteiger partial charge in [-0.1, -0.05) is 18.2 Å². The molecule has 33 heavy (non-hydrogen) atoms. The molecule has 0 saturated heterocycles. The lowest BCUT2D eigenvalue weighted by Crippen LogP contribution is -2.56. The van der Waals surface area contributed by atoms with Crippen molar-refractivity contribution in [2.45, 2.75) is 43.9 Å². The molecule has 1 aromatic rings. The Balaban J connectivity index is 1.95. The first kappa shape index (κ1) is 25.2. The molecule has 2 amide bonds. The fraction of sp³-hybridized carbons (Fsp3) is 0.583. The molecule has 1 heterocycles. The number of aliphatic hydroxyl groups is 2. The van der Waals surface area contributed by atoms with Gasteiger partial charge < -0.3 is 34.6 Å². The predicted molar refractivity (Wildman–Crippen MR) is 121 cm³/mol. The normalized spacial score (nSPS) is 23.2. The summed E-state index contributed by atoms with van der Waals surface area (Å²) in [6, 6.07) is 6.64. The van der Waals surface area contributed by atoms with Crippen molar-refractivity contribution in [3.63, 3.8) is 0 Å². The summed E-state index contributed by atoms with van der Waals surface area (Å²) in [5, 5.41) is 23.2. The van der Waals surface area contributed by atoms with Gasteiger partial charge in [-0.05, 0) is 25.5 Å². The van der Waals surface area contributed by atoms with Gasteiger partial charge in [0.25, 0.3) is 0 Å². The van der Waals surface area contributed by atoms with Gasteiger partial charge in [0.2, 0.25) is 11.8 Å². The van der Waals surface area contributed by atoms with Gasteiger partial charge in [0.15, 0.2) is 0 Å². The van der Waals surface area contributed by atoms with E-state index in [-0.39, 0.29) is 38.0 Å². The summed E-state index contributed by atoms with van der Waals surface area (Å²) in [4.78, 5) is 27.7. The summed E-state index contributed by atoms with van der Waals surface area (Å²) in [5.41, 5.74) is 1.24. The number of fused-ring (bicyclic) bond motifs is 3. The molecule has 1 aliphatic carbocycles. The Morgan fingerprint density at radius 1 is 1.24 bits per heavy atom. The van der Waals surface area contributed by atoms with E-state index in [9.17, 15) is 14.7 Å². The summed E-state index contributed by atoms with van der Waals surface area (Å²) in [6.45, 7) is 3.49. The van der Waals surface area contributed by atoms with Gasteiger partial charge >= 0.3 is 0 Å². The van der Waals surface area contributed by atoms with E-state index in [1.807, 2.05) is 31.2 Å². The smallest absolute Gasteiger partial charge is 0.247 e. The maximum absolute atomic E-state index is 13.1. The lowest BCUT2D eigenvalue weighted by atomic mass is 9.77. The lowest BCUT2D eigenvalue weighted by molar-refractivity contribution is -0.138. The van der Waals surface area contributed by atoms with Crippen molar-refractivity contribution in [1.82, 2.24) is 10.2 Å². The molecule has 1 aliphatic heterocycles. The molecule has 3 N–H and O–H groups in total. The van der Waals surface area contributed by atoms with Crippen molar-refractivity contribution in [2.75, 3.05) is 46.6 Å². The van der Waals surface area contributed by atoms with Crippen molar-refractivity contribution in [2.24, 2.45) is 0 Å². The third-order valence-electron chi connectivity index (χ3n) is 5.97. The average molecular weight is 463 g/mol. The van der Waals surface area contributed by atoms with Gasteiger partial charge in [-0.25, -0.2) is 0 Å². The molecule has 2 aliphatic rings. The predicted octanol–water partition coefficient (Wildman–Crippen LogP) is 0.601. The summed E-state index contributed by atoms with van der Waals surface area (Å²) in [6.07, 6.45) is 0.677. The second kappa shape index (κ2) is 12.1. The molecule has 1 aromatic carbocycles. The highest BCUT2D eigenvalue weighted by molar-refractivity contribution is 5.96. The van der Waals surface area contributed by atoms with E-state index in [0.29, 0.717) is 37.5 Å². The SMILES string of the molecule is CCOCCCN(C(=O)CCOC)C1C=C(C(=O)NCCO)C2c3ccccc3OC2C1O. The van der Waals surface area contributed by atoms with E-state index in [1.165, 1.54) is 7.11 Å². The highest BCUT2D eigenvalue weighted by atomic mass is 16.5. The Kier molecular flexibility index (Phi) is 9.25. The number of benzene rings is 1. The van der Waals surface area contributed by atoms with Crippen LogP contribution in [0.3, 0.4) is 0 Å². The molecule has 182 valence electrons. The first-order valence-electron chi connectivity index (χ1n) is 11.4. The van der Waals surface area contributed by atoms with Gasteiger partial charge in [-0.2, -0.15) is 0 Å². The van der Waals surface area contributed by atoms with Gasteiger partial charge in [0.05, 0.1) is 31.6 Å². The molecule has 9 nitrogen and oxygen atoms in total. The quantitative estimate of drug-likeness (QED) is 0.390. The Bertz CT molecular complexity index is 844. The second-order valence-corrected chi connectivity index (χ2v) is 8.06. The van der Waals surface area contributed by atoms with Crippen molar-refractivity contribution in [3.05, 3.63) is 41.5 Å². The summed E-state index contributed by atoms with van der Waals surface area (Å²) >= 11 is 0. The van der Waals surface area contributed by atoms with Gasteiger partial charge in [0.1, 0.15) is 18.0 Å². The molecule has 0 spiro atoms. The lowest BCUT2D eigenvalue weighted by Gasteiger charge is -2.40. The second-order valence-electron chi connectivity index (χ2n) is 8.06. The van der Waals surface area contributed by atoms with Crippen molar-refractivity contribution in [1.29, 1.82) is 0 Å². The number of nitrogens with zero attached hydrogens (tertiary/aromatic N) is 1. The minimum atomic E-state index is -1.03. The van der Waals surface area contributed by atoms with E-state index in [4.69, 9.17) is 19.3 Å². The number of hydrogen-bond acceptors (Lipinski definition) is 7. The van der Waals surface area contributed by atoms with E-state index < -0.39 is 24.2 Å². The van der Waals surface area contributed by atoms with E-state index in [0.717, 1.165) is 5.56 Å². The molecule has 4 atom stereocenters. The number of aliphatic hydroxyl groups excluding tert-OH is 2. The number of amides is 2. The molecular formula is C24H34N2O7. The van der Waals surface area contributed by atoms with Crippen LogP contribution in [0.5, 0.6) is 5.75 Å². The number of carbonyl (C=O) groups is 2. The third-order valence-corrected chi connectivity index (χ3v) is 5.97. The number of carbonyl (C=O) groups excluding carboxylic acids is 2. The van der Waals surface area contributed by atoms with Crippen LogP contribution in [0.15, 0.2) is 35.9 Å². The number of methoxy groups -OCH3 is 1. The number of nitrogens with one attached hydrogen (secondary N) is 1. The maximum atomic E-state index is 13.1. The highest BCUT2D eigenvalue weighted by Gasteiger charge is 2.50. The van der Waals surface area contributed by atoms with Crippen LogP contribution < -0.4 is 10.1 Å². The summed E-state index contributed by atoms with van der Waals surface area (Å²) < 4.78 is 16.6. The monoisotopic (exact) mass is 462 g/mol. The third kappa shape index (κ3) is 5.73. The molecule has 4 unspecified atom stereocenters. The zero-order valence-electron chi connectivity index (χ0n) is 19.2. The van der Waals surface area contributed by atoms with E-state index >= 15 is 0 Å². The number of hydrogen-bond donors (Lipinski definition) is 3. The number of ether oxygens (including phenoxy) is 3. The van der Waals surface area contributed by atoms with Gasteiger partial charge in [-0.3, -0.25) is 9.59 Å². The largest absolute Gasteiger partial charge is 0.486 e. The number of rotatable bonds is 12. The fourth-order valence-electron chi connectivity index (χ4n) is 4.45. The molecule has 0 fully saturated rings. The van der Waals surface area contributed by atoms with Gasteiger partial charge in [0, 0.05) is 44.5 Å². The standard InChI is InChI=1S/C24H34N2O7/c1-3-32-13-6-11-26(20(28)9-14-31-2)18-15-17(24(30)25-10-12-27)21-16-7-4-5-8-19(16)33-23(21)22(18)29/h4-5,7-8,15,18,21-23,27,29H,3,6,9-14H2,1-2H3,(H,25,30). The molecular weight excluding hydrogens is 428 g/mol. The molecule has 3 rings (SSSR count). The Labute approximate surface area is 194 Å². The first-order chi connectivity index (χ1) is 16.0. The van der Waals surface area contributed by atoms with Crippen LogP contribution in [0.25, 0.3) is 0 Å². The van der Waals surface area contributed by atoms with Crippen LogP contribution in [0, 0.1) is 0 Å². The number of para-hydroxylation sites is 1. The van der Waals surface area contributed by atoms with Crippen molar-refractivity contribution >= 4 is 11.8 Å².